The van der Waals surface area contributed by atoms with Gasteiger partial charge in [0.1, 0.15) is 0 Å². The van der Waals surface area contributed by atoms with Gasteiger partial charge in [-0.05, 0) is 43.4 Å². The van der Waals surface area contributed by atoms with Crippen LogP contribution in [-0.2, 0) is 16.0 Å². The van der Waals surface area contributed by atoms with E-state index in [2.05, 4.69) is 5.32 Å². The Kier molecular flexibility index (Phi) is 5.12. The topological polar surface area (TPSA) is 66.4 Å². The van der Waals surface area contributed by atoms with Gasteiger partial charge in [-0.2, -0.15) is 0 Å². The molecule has 0 radical (unpaired) electrons. The summed E-state index contributed by atoms with van der Waals surface area (Å²) in [7, 11) is 0. The summed E-state index contributed by atoms with van der Waals surface area (Å²) in [5.74, 6) is -1.14. The van der Waals surface area contributed by atoms with Crippen LogP contribution in [0.25, 0.3) is 0 Å². The Hall–Kier alpha value is -1.55. The van der Waals surface area contributed by atoms with Crippen molar-refractivity contribution in [1.82, 2.24) is 5.32 Å². The Morgan fingerprint density at radius 2 is 2.09 bits per heavy atom. The zero-order valence-corrected chi connectivity index (χ0v) is 13.7. The highest BCUT2D eigenvalue weighted by molar-refractivity contribution is 6.30. The number of nitrogens with one attached hydrogen (secondary N) is 1. The monoisotopic (exact) mass is 323 g/mol. The van der Waals surface area contributed by atoms with Gasteiger partial charge in [0.15, 0.2) is 0 Å². The molecule has 1 aliphatic rings. The molecule has 1 aromatic carbocycles. The van der Waals surface area contributed by atoms with Crippen LogP contribution in [0.5, 0.6) is 0 Å². The van der Waals surface area contributed by atoms with Crippen molar-refractivity contribution in [2.24, 2.45) is 11.3 Å². The van der Waals surface area contributed by atoms with Gasteiger partial charge in [-0.1, -0.05) is 37.6 Å². The van der Waals surface area contributed by atoms with Gasteiger partial charge in [0, 0.05) is 16.5 Å². The standard InChI is InChI=1S/C17H22ClNO3/c1-17(2,10-11-4-3-5-13(18)8-11)16(22)19-14-7-6-12(9-14)15(20)21/h3-5,8,12,14H,6-7,9-10H2,1-2H3,(H,19,22)(H,20,21)/t12-,14+/m0/s1. The lowest BCUT2D eigenvalue weighted by atomic mass is 9.84. The summed E-state index contributed by atoms with van der Waals surface area (Å²) in [6, 6.07) is 7.47. The molecule has 1 aromatic rings. The molecule has 1 fully saturated rings. The molecular weight excluding hydrogens is 302 g/mol. The summed E-state index contributed by atoms with van der Waals surface area (Å²) in [6.45, 7) is 3.79. The molecule has 2 N–H and O–H groups in total. The Balaban J connectivity index is 1.94. The summed E-state index contributed by atoms with van der Waals surface area (Å²) >= 11 is 5.98. The second kappa shape index (κ2) is 6.69. The Bertz CT molecular complexity index is 571. The average Bonchev–Trinajstić information content (AvgIpc) is 2.87. The largest absolute Gasteiger partial charge is 0.481 e. The van der Waals surface area contributed by atoms with Crippen LogP contribution in [0.1, 0.15) is 38.7 Å². The molecule has 0 unspecified atom stereocenters. The molecule has 4 nitrogen and oxygen atoms in total. The maximum atomic E-state index is 12.5. The summed E-state index contributed by atoms with van der Waals surface area (Å²) < 4.78 is 0. The van der Waals surface area contributed by atoms with E-state index in [9.17, 15) is 9.59 Å². The van der Waals surface area contributed by atoms with Crippen molar-refractivity contribution in [3.63, 3.8) is 0 Å². The summed E-state index contributed by atoms with van der Waals surface area (Å²) in [4.78, 5) is 23.5. The van der Waals surface area contributed by atoms with Gasteiger partial charge in [-0.15, -0.1) is 0 Å². The van der Waals surface area contributed by atoms with E-state index in [1.165, 1.54) is 0 Å². The highest BCUT2D eigenvalue weighted by Gasteiger charge is 2.34. The first-order valence-electron chi connectivity index (χ1n) is 7.56. The quantitative estimate of drug-likeness (QED) is 0.874. The Morgan fingerprint density at radius 3 is 2.68 bits per heavy atom. The van der Waals surface area contributed by atoms with E-state index in [0.29, 0.717) is 24.3 Å². The lowest BCUT2D eigenvalue weighted by Crippen LogP contribution is -2.43. The number of rotatable bonds is 5. The first-order chi connectivity index (χ1) is 10.3. The third-order valence-corrected chi connectivity index (χ3v) is 4.50. The maximum absolute atomic E-state index is 12.5. The molecule has 0 spiro atoms. The van der Waals surface area contributed by atoms with Crippen LogP contribution in [0, 0.1) is 11.3 Å². The third kappa shape index (κ3) is 4.23. The molecule has 5 heteroatoms. The van der Waals surface area contributed by atoms with Crippen LogP contribution in [0.3, 0.4) is 0 Å². The maximum Gasteiger partial charge on any atom is 0.306 e. The zero-order valence-electron chi connectivity index (χ0n) is 12.9. The van der Waals surface area contributed by atoms with E-state index in [1.54, 1.807) is 0 Å². The predicted octanol–water partition coefficient (Wildman–Crippen LogP) is 3.28. The number of carbonyl (C=O) groups excluding carboxylic acids is 1. The van der Waals surface area contributed by atoms with Crippen LogP contribution in [-0.4, -0.2) is 23.0 Å². The molecule has 2 atom stereocenters. The van der Waals surface area contributed by atoms with Gasteiger partial charge in [0.2, 0.25) is 5.91 Å². The molecule has 2 rings (SSSR count). The first-order valence-corrected chi connectivity index (χ1v) is 7.94. The molecule has 0 bridgehead atoms. The molecule has 22 heavy (non-hydrogen) atoms. The molecule has 0 heterocycles. The van der Waals surface area contributed by atoms with Gasteiger partial charge in [0.25, 0.3) is 0 Å². The Labute approximate surface area is 135 Å². The number of hydrogen-bond donors (Lipinski definition) is 2. The molecule has 0 aromatic heterocycles. The minimum atomic E-state index is -0.769. The number of carbonyl (C=O) groups is 2. The van der Waals surface area contributed by atoms with E-state index in [1.807, 2.05) is 38.1 Å². The smallest absolute Gasteiger partial charge is 0.306 e. The lowest BCUT2D eigenvalue weighted by molar-refractivity contribution is -0.141. The number of carboxylic acids is 1. The summed E-state index contributed by atoms with van der Waals surface area (Å²) in [5, 5.41) is 12.7. The fourth-order valence-corrected chi connectivity index (χ4v) is 3.17. The normalized spacial score (nSPS) is 21.6. The zero-order chi connectivity index (χ0) is 16.3. The number of carboxylic acid groups (broad SMARTS) is 1. The van der Waals surface area contributed by atoms with Crippen molar-refractivity contribution in [2.75, 3.05) is 0 Å². The van der Waals surface area contributed by atoms with Crippen molar-refractivity contribution in [3.8, 4) is 0 Å². The summed E-state index contributed by atoms with van der Waals surface area (Å²) in [6.07, 6.45) is 2.48. The van der Waals surface area contributed by atoms with E-state index >= 15 is 0 Å². The number of hydrogen-bond acceptors (Lipinski definition) is 2. The van der Waals surface area contributed by atoms with Gasteiger partial charge >= 0.3 is 5.97 Å². The van der Waals surface area contributed by atoms with Crippen molar-refractivity contribution < 1.29 is 14.7 Å². The van der Waals surface area contributed by atoms with Crippen LogP contribution >= 0.6 is 11.6 Å². The Morgan fingerprint density at radius 1 is 1.36 bits per heavy atom. The van der Waals surface area contributed by atoms with Gasteiger partial charge in [-0.25, -0.2) is 0 Å². The number of benzene rings is 1. The fourth-order valence-electron chi connectivity index (χ4n) is 2.96. The molecule has 1 amide bonds. The highest BCUT2D eigenvalue weighted by Crippen LogP contribution is 2.28. The molecule has 0 saturated heterocycles. The van der Waals surface area contributed by atoms with Crippen molar-refractivity contribution in [1.29, 1.82) is 0 Å². The van der Waals surface area contributed by atoms with Crippen molar-refractivity contribution in [3.05, 3.63) is 34.9 Å². The minimum Gasteiger partial charge on any atom is -0.481 e. The minimum absolute atomic E-state index is 0.0350. The van der Waals surface area contributed by atoms with Crippen molar-refractivity contribution in [2.45, 2.75) is 45.6 Å². The van der Waals surface area contributed by atoms with E-state index in [-0.39, 0.29) is 17.9 Å². The van der Waals surface area contributed by atoms with E-state index in [4.69, 9.17) is 16.7 Å². The molecular formula is C17H22ClNO3. The average molecular weight is 324 g/mol. The SMILES string of the molecule is CC(C)(Cc1cccc(Cl)c1)C(=O)N[C@@H]1CC[C@H](C(=O)O)C1. The second-order valence-electron chi connectivity index (χ2n) is 6.71. The van der Waals surface area contributed by atoms with E-state index < -0.39 is 11.4 Å². The number of aliphatic carboxylic acids is 1. The second-order valence-corrected chi connectivity index (χ2v) is 7.15. The van der Waals surface area contributed by atoms with Crippen molar-refractivity contribution >= 4 is 23.5 Å². The fraction of sp³-hybridized carbons (Fsp3) is 0.529. The lowest BCUT2D eigenvalue weighted by Gasteiger charge is -2.26. The van der Waals surface area contributed by atoms with Gasteiger partial charge in [0.05, 0.1) is 5.92 Å². The van der Waals surface area contributed by atoms with Crippen LogP contribution in [0.15, 0.2) is 24.3 Å². The third-order valence-electron chi connectivity index (χ3n) is 4.27. The van der Waals surface area contributed by atoms with Crippen LogP contribution < -0.4 is 5.32 Å². The number of halogens is 1. The van der Waals surface area contributed by atoms with Crippen LogP contribution in [0.2, 0.25) is 5.02 Å². The number of amides is 1. The van der Waals surface area contributed by atoms with Gasteiger partial charge < -0.3 is 10.4 Å². The molecule has 1 aliphatic carbocycles. The molecule has 1 saturated carbocycles. The van der Waals surface area contributed by atoms with Crippen LogP contribution in [0.4, 0.5) is 0 Å². The first kappa shape index (κ1) is 16.8. The highest BCUT2D eigenvalue weighted by atomic mass is 35.5. The predicted molar refractivity (Wildman–Crippen MR) is 85.8 cm³/mol. The molecule has 120 valence electrons. The van der Waals surface area contributed by atoms with Gasteiger partial charge in [-0.3, -0.25) is 9.59 Å². The summed E-state index contributed by atoms with van der Waals surface area (Å²) in [5.41, 5.74) is 0.453. The molecule has 0 aliphatic heterocycles. The van der Waals surface area contributed by atoms with E-state index in [0.717, 1.165) is 12.0 Å².